The maximum atomic E-state index is 12.4. The Morgan fingerprint density at radius 3 is 2.31 bits per heavy atom. The summed E-state index contributed by atoms with van der Waals surface area (Å²) in [5.41, 5.74) is -2.82. The standard InChI is InChI=1S/C8H2F5IN2/c9-6(10)5-3(2-15)1-4(8(11,12)13)16-7(5)14/h1,6H. The molecule has 0 N–H and O–H groups in total. The zero-order valence-electron chi connectivity index (χ0n) is 7.32. The van der Waals surface area contributed by atoms with Crippen LogP contribution in [-0.4, -0.2) is 4.98 Å². The third-order valence-electron chi connectivity index (χ3n) is 1.64. The van der Waals surface area contributed by atoms with Gasteiger partial charge in [-0.25, -0.2) is 13.8 Å². The smallest absolute Gasteiger partial charge is 0.237 e. The van der Waals surface area contributed by atoms with Crippen LogP contribution < -0.4 is 0 Å². The molecule has 16 heavy (non-hydrogen) atoms. The van der Waals surface area contributed by atoms with Crippen LogP contribution in [0.2, 0.25) is 0 Å². The molecule has 0 saturated heterocycles. The van der Waals surface area contributed by atoms with Gasteiger partial charge in [0.2, 0.25) is 0 Å². The topological polar surface area (TPSA) is 36.7 Å². The minimum Gasteiger partial charge on any atom is -0.237 e. The third kappa shape index (κ3) is 2.58. The van der Waals surface area contributed by atoms with E-state index in [1.807, 2.05) is 0 Å². The van der Waals surface area contributed by atoms with Gasteiger partial charge >= 0.3 is 6.18 Å². The molecule has 1 aromatic rings. The van der Waals surface area contributed by atoms with Crippen LogP contribution in [0.15, 0.2) is 6.07 Å². The Balaban J connectivity index is 3.46. The van der Waals surface area contributed by atoms with Gasteiger partial charge in [-0.2, -0.15) is 18.4 Å². The summed E-state index contributed by atoms with van der Waals surface area (Å²) in [4.78, 5) is 3.00. The lowest BCUT2D eigenvalue weighted by molar-refractivity contribution is -0.141. The number of nitrogens with zero attached hydrogens (tertiary/aromatic N) is 2. The normalized spacial score (nSPS) is 11.6. The number of hydrogen-bond donors (Lipinski definition) is 0. The SMILES string of the molecule is N#Cc1cc(C(F)(F)F)nc(I)c1C(F)F. The first-order valence-corrected chi connectivity index (χ1v) is 4.81. The van der Waals surface area contributed by atoms with Gasteiger partial charge in [-0.3, -0.25) is 0 Å². The Morgan fingerprint density at radius 1 is 1.38 bits per heavy atom. The zero-order chi connectivity index (χ0) is 12.5. The lowest BCUT2D eigenvalue weighted by Gasteiger charge is -2.10. The van der Waals surface area contributed by atoms with Crippen molar-refractivity contribution in [2.75, 3.05) is 0 Å². The quantitative estimate of drug-likeness (QED) is 0.443. The van der Waals surface area contributed by atoms with Crippen LogP contribution in [0.4, 0.5) is 22.0 Å². The van der Waals surface area contributed by atoms with Crippen LogP contribution in [0.5, 0.6) is 0 Å². The molecule has 0 atom stereocenters. The molecule has 0 unspecified atom stereocenters. The Bertz CT molecular complexity index is 449. The molecule has 0 aliphatic heterocycles. The summed E-state index contributed by atoms with van der Waals surface area (Å²) >= 11 is 1.25. The summed E-state index contributed by atoms with van der Waals surface area (Å²) in [6.07, 6.45) is -7.79. The molecule has 0 aromatic carbocycles. The largest absolute Gasteiger partial charge is 0.433 e. The molecule has 8 heteroatoms. The predicted molar refractivity (Wildman–Crippen MR) is 51.6 cm³/mol. The van der Waals surface area contributed by atoms with E-state index in [0.29, 0.717) is 6.07 Å². The van der Waals surface area contributed by atoms with E-state index in [0.717, 1.165) is 0 Å². The van der Waals surface area contributed by atoms with E-state index in [1.165, 1.54) is 28.7 Å². The van der Waals surface area contributed by atoms with Crippen molar-refractivity contribution < 1.29 is 22.0 Å². The van der Waals surface area contributed by atoms with Gasteiger partial charge in [-0.15, -0.1) is 0 Å². The highest BCUT2D eigenvalue weighted by Crippen LogP contribution is 2.33. The van der Waals surface area contributed by atoms with Crippen molar-refractivity contribution in [3.63, 3.8) is 0 Å². The van der Waals surface area contributed by atoms with Crippen molar-refractivity contribution in [3.8, 4) is 6.07 Å². The van der Waals surface area contributed by atoms with E-state index in [4.69, 9.17) is 5.26 Å². The van der Waals surface area contributed by atoms with Crippen LogP contribution in [0.1, 0.15) is 23.2 Å². The van der Waals surface area contributed by atoms with E-state index < -0.39 is 33.1 Å². The van der Waals surface area contributed by atoms with Crippen LogP contribution in [-0.2, 0) is 6.18 Å². The van der Waals surface area contributed by atoms with Crippen molar-refractivity contribution in [2.45, 2.75) is 12.6 Å². The molecular formula is C8H2F5IN2. The number of aromatic nitrogens is 1. The zero-order valence-corrected chi connectivity index (χ0v) is 9.47. The number of halogens is 6. The van der Waals surface area contributed by atoms with Gasteiger partial charge in [0, 0.05) is 0 Å². The molecule has 0 aliphatic carbocycles. The second-order valence-electron chi connectivity index (χ2n) is 2.67. The molecular weight excluding hydrogens is 346 g/mol. The molecule has 86 valence electrons. The summed E-state index contributed by atoms with van der Waals surface area (Å²) in [7, 11) is 0. The van der Waals surface area contributed by atoms with E-state index in [9.17, 15) is 22.0 Å². The van der Waals surface area contributed by atoms with Gasteiger partial charge in [0.15, 0.2) is 0 Å². The van der Waals surface area contributed by atoms with Crippen molar-refractivity contribution in [2.24, 2.45) is 0 Å². The Kier molecular flexibility index (Phi) is 3.67. The Morgan fingerprint density at radius 2 is 1.94 bits per heavy atom. The molecule has 2 nitrogen and oxygen atoms in total. The fraction of sp³-hybridized carbons (Fsp3) is 0.250. The molecule has 0 fully saturated rings. The highest BCUT2D eigenvalue weighted by Gasteiger charge is 2.35. The van der Waals surface area contributed by atoms with Gasteiger partial charge in [-0.1, -0.05) is 0 Å². The van der Waals surface area contributed by atoms with Gasteiger partial charge in [0.05, 0.1) is 17.2 Å². The first kappa shape index (κ1) is 13.1. The van der Waals surface area contributed by atoms with Gasteiger partial charge in [0.25, 0.3) is 6.43 Å². The van der Waals surface area contributed by atoms with Crippen LogP contribution in [0.3, 0.4) is 0 Å². The maximum absolute atomic E-state index is 12.4. The number of rotatable bonds is 1. The molecule has 1 rings (SSSR count). The molecule has 0 spiro atoms. The number of alkyl halides is 5. The van der Waals surface area contributed by atoms with Crippen LogP contribution in [0.25, 0.3) is 0 Å². The van der Waals surface area contributed by atoms with E-state index in [2.05, 4.69) is 4.98 Å². The van der Waals surface area contributed by atoms with E-state index in [-0.39, 0.29) is 0 Å². The Hall–Kier alpha value is -0.980. The van der Waals surface area contributed by atoms with E-state index >= 15 is 0 Å². The summed E-state index contributed by atoms with van der Waals surface area (Å²) in [5, 5.41) is 8.50. The highest BCUT2D eigenvalue weighted by molar-refractivity contribution is 14.1. The number of nitriles is 1. The average Bonchev–Trinajstić information content (AvgIpc) is 2.14. The minimum absolute atomic E-state index is 0.323. The Labute approximate surface area is 100 Å². The predicted octanol–water partition coefficient (Wildman–Crippen LogP) is 3.51. The van der Waals surface area contributed by atoms with Crippen molar-refractivity contribution >= 4 is 22.6 Å². The molecule has 0 aliphatic rings. The molecule has 0 amide bonds. The summed E-state index contributed by atoms with van der Waals surface area (Å²) in [5.74, 6) is 0. The first-order valence-electron chi connectivity index (χ1n) is 3.73. The summed E-state index contributed by atoms with van der Waals surface area (Å²) in [6, 6.07) is 1.63. The summed E-state index contributed by atoms with van der Waals surface area (Å²) in [6.45, 7) is 0. The van der Waals surface area contributed by atoms with Gasteiger partial charge < -0.3 is 0 Å². The van der Waals surface area contributed by atoms with Crippen LogP contribution in [0, 0.1) is 15.0 Å². The van der Waals surface area contributed by atoms with Crippen LogP contribution >= 0.6 is 22.6 Å². The minimum atomic E-state index is -4.76. The fourth-order valence-electron chi connectivity index (χ4n) is 0.969. The maximum Gasteiger partial charge on any atom is 0.433 e. The molecule has 0 radical (unpaired) electrons. The second-order valence-corrected chi connectivity index (χ2v) is 3.69. The molecule has 1 heterocycles. The van der Waals surface area contributed by atoms with Crippen molar-refractivity contribution in [3.05, 3.63) is 26.6 Å². The van der Waals surface area contributed by atoms with Crippen molar-refractivity contribution in [1.29, 1.82) is 5.26 Å². The van der Waals surface area contributed by atoms with Crippen molar-refractivity contribution in [1.82, 2.24) is 4.98 Å². The molecule has 0 saturated carbocycles. The molecule has 0 bridgehead atoms. The monoisotopic (exact) mass is 348 g/mol. The highest BCUT2D eigenvalue weighted by atomic mass is 127. The lowest BCUT2D eigenvalue weighted by Crippen LogP contribution is -2.11. The second kappa shape index (κ2) is 4.48. The number of pyridine rings is 1. The fourth-order valence-corrected chi connectivity index (χ4v) is 1.75. The first-order chi connectivity index (χ1) is 7.27. The molecule has 1 aromatic heterocycles. The van der Waals surface area contributed by atoms with Gasteiger partial charge in [-0.05, 0) is 28.7 Å². The van der Waals surface area contributed by atoms with Gasteiger partial charge in [0.1, 0.15) is 9.39 Å². The average molecular weight is 348 g/mol. The number of hydrogen-bond acceptors (Lipinski definition) is 2. The summed E-state index contributed by atoms with van der Waals surface area (Å²) < 4.78 is 61.1. The third-order valence-corrected chi connectivity index (χ3v) is 2.46. The van der Waals surface area contributed by atoms with E-state index in [1.54, 1.807) is 0 Å². The lowest BCUT2D eigenvalue weighted by atomic mass is 10.1.